The molecule has 1 N–H and O–H groups in total. The lowest BCUT2D eigenvalue weighted by atomic mass is 9.85. The lowest BCUT2D eigenvalue weighted by Gasteiger charge is -2.18. The predicted molar refractivity (Wildman–Crippen MR) is 127 cm³/mol. The summed E-state index contributed by atoms with van der Waals surface area (Å²) in [6.45, 7) is 7.24. The molecule has 1 aliphatic heterocycles. The summed E-state index contributed by atoms with van der Waals surface area (Å²) in [6.07, 6.45) is 0.841. The number of carbonyl (C=O) groups is 1. The summed E-state index contributed by atoms with van der Waals surface area (Å²) in [4.78, 5) is 21.3. The fraction of sp³-hybridized carbons (Fsp3) is 0.296. The maximum Gasteiger partial charge on any atom is 0.304 e. The minimum atomic E-state index is -0.819. The van der Waals surface area contributed by atoms with Crippen molar-refractivity contribution in [2.75, 3.05) is 0 Å². The number of rotatable bonds is 5. The maximum absolute atomic E-state index is 11.7. The first-order chi connectivity index (χ1) is 15.9. The van der Waals surface area contributed by atoms with Crippen LogP contribution in [0, 0.1) is 13.8 Å². The van der Waals surface area contributed by atoms with E-state index in [0.717, 1.165) is 62.7 Å². The average molecular weight is 442 g/mol. The molecular weight excluding hydrogens is 414 g/mol. The van der Waals surface area contributed by atoms with E-state index in [9.17, 15) is 9.90 Å². The van der Waals surface area contributed by atoms with Crippen LogP contribution in [0.1, 0.15) is 58.6 Å². The Morgan fingerprint density at radius 1 is 1.12 bits per heavy atom. The summed E-state index contributed by atoms with van der Waals surface area (Å²) >= 11 is 0. The van der Waals surface area contributed by atoms with Gasteiger partial charge in [-0.1, -0.05) is 43.3 Å². The summed E-state index contributed by atoms with van der Waals surface area (Å²) in [5.74, 6) is 0.689. The minimum Gasteiger partial charge on any atom is -0.489 e. The maximum atomic E-state index is 11.7. The number of pyridine rings is 1. The van der Waals surface area contributed by atoms with Crippen LogP contribution in [-0.4, -0.2) is 25.6 Å². The van der Waals surface area contributed by atoms with Gasteiger partial charge in [-0.3, -0.25) is 4.79 Å². The molecule has 2 aromatic heterocycles. The van der Waals surface area contributed by atoms with Crippen molar-refractivity contribution in [1.29, 1.82) is 0 Å². The quantitative estimate of drug-likeness (QED) is 0.463. The van der Waals surface area contributed by atoms with Crippen molar-refractivity contribution in [3.05, 3.63) is 87.9 Å². The number of ether oxygens (including phenoxy) is 1. The van der Waals surface area contributed by atoms with Crippen LogP contribution in [0.25, 0.3) is 11.2 Å². The van der Waals surface area contributed by atoms with Gasteiger partial charge in [0.15, 0.2) is 5.65 Å². The molecule has 0 amide bonds. The van der Waals surface area contributed by atoms with Gasteiger partial charge in [-0.15, -0.1) is 0 Å². The van der Waals surface area contributed by atoms with E-state index in [1.54, 1.807) is 0 Å². The van der Waals surface area contributed by atoms with Crippen molar-refractivity contribution >= 4 is 17.1 Å². The molecule has 3 heterocycles. The molecular formula is C27H27N3O3. The van der Waals surface area contributed by atoms with E-state index in [1.165, 1.54) is 0 Å². The number of imidazole rings is 1. The van der Waals surface area contributed by atoms with E-state index < -0.39 is 5.97 Å². The lowest BCUT2D eigenvalue weighted by Crippen LogP contribution is -2.09. The second-order valence-corrected chi connectivity index (χ2v) is 8.73. The highest BCUT2D eigenvalue weighted by Crippen LogP contribution is 2.40. The summed E-state index contributed by atoms with van der Waals surface area (Å²) < 4.78 is 8.37. The van der Waals surface area contributed by atoms with Gasteiger partial charge in [0.2, 0.25) is 0 Å². The Bertz CT molecular complexity index is 1370. The molecule has 0 aliphatic carbocycles. The second kappa shape index (κ2) is 8.35. The number of nitrogens with zero attached hydrogens (tertiary/aromatic N) is 3. The fourth-order valence-corrected chi connectivity index (χ4v) is 4.88. The topological polar surface area (TPSA) is 77.2 Å². The number of aryl methyl sites for hydroxylation is 3. The minimum absolute atomic E-state index is 0.0291. The monoisotopic (exact) mass is 441 g/mol. The first kappa shape index (κ1) is 21.2. The van der Waals surface area contributed by atoms with Crippen LogP contribution in [0.3, 0.4) is 0 Å². The van der Waals surface area contributed by atoms with Crippen molar-refractivity contribution < 1.29 is 14.6 Å². The Labute approximate surface area is 192 Å². The zero-order valence-corrected chi connectivity index (χ0v) is 19.1. The molecule has 6 heteroatoms. The number of hydrogen-bond acceptors (Lipinski definition) is 4. The molecule has 168 valence electrons. The largest absolute Gasteiger partial charge is 0.489 e. The SMILES string of the molecule is CCc1nc2c(C)cc(C)nc2n1Cc1ccc2c(c1)OCc1ccccc1C2CC(=O)O. The van der Waals surface area contributed by atoms with Crippen molar-refractivity contribution in [2.45, 2.75) is 52.7 Å². The summed E-state index contributed by atoms with van der Waals surface area (Å²) in [5.41, 5.74) is 8.00. The third kappa shape index (κ3) is 3.86. The van der Waals surface area contributed by atoms with Crippen LogP contribution >= 0.6 is 0 Å². The van der Waals surface area contributed by atoms with Crippen LogP contribution < -0.4 is 4.74 Å². The third-order valence-electron chi connectivity index (χ3n) is 6.40. The van der Waals surface area contributed by atoms with Crippen molar-refractivity contribution in [3.63, 3.8) is 0 Å². The smallest absolute Gasteiger partial charge is 0.304 e. The van der Waals surface area contributed by atoms with Gasteiger partial charge >= 0.3 is 5.97 Å². The molecule has 1 atom stereocenters. The molecule has 6 nitrogen and oxygen atoms in total. The number of carboxylic acid groups (broad SMARTS) is 1. The van der Waals surface area contributed by atoms with Gasteiger partial charge in [-0.25, -0.2) is 9.97 Å². The standard InChI is InChI=1S/C27H27N3O3/c1-4-24-29-26-16(2)11-17(3)28-27(26)30(24)14-18-9-10-21-22(13-25(31)32)20-8-6-5-7-19(20)15-33-23(21)12-18/h5-12,22H,4,13-15H2,1-3H3,(H,31,32). The summed E-state index contributed by atoms with van der Waals surface area (Å²) in [7, 11) is 0. The van der Waals surface area contributed by atoms with Crippen LogP contribution in [-0.2, 0) is 24.4 Å². The summed E-state index contributed by atoms with van der Waals surface area (Å²) in [6, 6.07) is 16.2. The van der Waals surface area contributed by atoms with Gasteiger partial charge in [0.05, 0.1) is 13.0 Å². The zero-order chi connectivity index (χ0) is 23.1. The molecule has 1 unspecified atom stereocenters. The first-order valence-electron chi connectivity index (χ1n) is 11.3. The van der Waals surface area contributed by atoms with Crippen LogP contribution in [0.15, 0.2) is 48.5 Å². The molecule has 5 rings (SSSR count). The number of fused-ring (bicyclic) bond motifs is 3. The van der Waals surface area contributed by atoms with Crippen LogP contribution in [0.4, 0.5) is 0 Å². The third-order valence-corrected chi connectivity index (χ3v) is 6.40. The molecule has 0 fully saturated rings. The molecule has 33 heavy (non-hydrogen) atoms. The van der Waals surface area contributed by atoms with Crippen molar-refractivity contribution in [3.8, 4) is 5.75 Å². The predicted octanol–water partition coefficient (Wildman–Crippen LogP) is 5.16. The van der Waals surface area contributed by atoms with Gasteiger partial charge in [-0.2, -0.15) is 0 Å². The second-order valence-electron chi connectivity index (χ2n) is 8.73. The Hall–Kier alpha value is -3.67. The Kier molecular flexibility index (Phi) is 5.36. The lowest BCUT2D eigenvalue weighted by molar-refractivity contribution is -0.137. The zero-order valence-electron chi connectivity index (χ0n) is 19.1. The fourth-order valence-electron chi connectivity index (χ4n) is 4.88. The van der Waals surface area contributed by atoms with E-state index in [-0.39, 0.29) is 12.3 Å². The first-order valence-corrected chi connectivity index (χ1v) is 11.3. The Morgan fingerprint density at radius 2 is 1.94 bits per heavy atom. The van der Waals surface area contributed by atoms with Gasteiger partial charge in [0.1, 0.15) is 23.7 Å². The van der Waals surface area contributed by atoms with Crippen molar-refractivity contribution in [2.24, 2.45) is 0 Å². The molecule has 0 saturated carbocycles. The van der Waals surface area contributed by atoms with Crippen LogP contribution in [0.2, 0.25) is 0 Å². The van der Waals surface area contributed by atoms with E-state index in [4.69, 9.17) is 14.7 Å². The Morgan fingerprint density at radius 3 is 2.73 bits per heavy atom. The number of carboxylic acids is 1. The molecule has 0 saturated heterocycles. The van der Waals surface area contributed by atoms with E-state index in [2.05, 4.69) is 30.5 Å². The highest BCUT2D eigenvalue weighted by Gasteiger charge is 2.27. The molecule has 0 radical (unpaired) electrons. The molecule has 0 spiro atoms. The normalized spacial score (nSPS) is 14.9. The molecule has 0 bridgehead atoms. The van der Waals surface area contributed by atoms with E-state index in [0.29, 0.717) is 13.2 Å². The number of aromatic nitrogens is 3. The summed E-state index contributed by atoms with van der Waals surface area (Å²) in [5, 5.41) is 9.58. The molecule has 1 aliphatic rings. The Balaban J connectivity index is 1.57. The van der Waals surface area contributed by atoms with Gasteiger partial charge < -0.3 is 14.4 Å². The molecule has 4 aromatic rings. The van der Waals surface area contributed by atoms with Gasteiger partial charge in [0, 0.05) is 23.6 Å². The van der Waals surface area contributed by atoms with Crippen molar-refractivity contribution in [1.82, 2.24) is 14.5 Å². The highest BCUT2D eigenvalue weighted by molar-refractivity contribution is 5.76. The number of hydrogen-bond donors (Lipinski definition) is 1. The van der Waals surface area contributed by atoms with Gasteiger partial charge in [0.25, 0.3) is 0 Å². The average Bonchev–Trinajstić information content (AvgIpc) is 3.06. The number of benzene rings is 2. The van der Waals surface area contributed by atoms with Crippen LogP contribution in [0.5, 0.6) is 5.75 Å². The van der Waals surface area contributed by atoms with Gasteiger partial charge in [-0.05, 0) is 48.2 Å². The van der Waals surface area contributed by atoms with E-state index in [1.807, 2.05) is 43.3 Å². The van der Waals surface area contributed by atoms with E-state index >= 15 is 0 Å². The molecule has 2 aromatic carbocycles. The number of aliphatic carboxylic acids is 1. The highest BCUT2D eigenvalue weighted by atomic mass is 16.5.